The van der Waals surface area contributed by atoms with Gasteiger partial charge in [0.1, 0.15) is 5.78 Å². The van der Waals surface area contributed by atoms with E-state index in [4.69, 9.17) is 11.6 Å². The summed E-state index contributed by atoms with van der Waals surface area (Å²) in [5.74, 6) is 0.885. The van der Waals surface area contributed by atoms with E-state index in [1.807, 2.05) is 24.3 Å². The monoisotopic (exact) mass is 194 g/mol. The number of rotatable bonds is 2. The predicted octanol–water partition coefficient (Wildman–Crippen LogP) is 3.03. The molecule has 0 amide bonds. The van der Waals surface area contributed by atoms with E-state index >= 15 is 0 Å². The lowest BCUT2D eigenvalue weighted by atomic mass is 10.1. The van der Waals surface area contributed by atoms with Crippen LogP contribution in [0.4, 0.5) is 0 Å². The Morgan fingerprint density at radius 3 is 2.69 bits per heavy atom. The second-order valence-electron chi connectivity index (χ2n) is 3.58. The summed E-state index contributed by atoms with van der Waals surface area (Å²) in [4.78, 5) is 11.1. The molecule has 0 radical (unpaired) electrons. The first-order valence-corrected chi connectivity index (χ1v) is 4.83. The minimum absolute atomic E-state index is 0.222. The number of halogens is 1. The molecule has 1 aliphatic rings. The lowest BCUT2D eigenvalue weighted by Gasteiger charge is -2.00. The summed E-state index contributed by atoms with van der Waals surface area (Å²) in [6.45, 7) is 1.65. The van der Waals surface area contributed by atoms with Gasteiger partial charge in [0.15, 0.2) is 0 Å². The number of benzene rings is 1. The van der Waals surface area contributed by atoms with Gasteiger partial charge in [-0.1, -0.05) is 29.8 Å². The number of carbonyl (C=O) groups is 1. The Kier molecular flexibility index (Phi) is 2.12. The maximum atomic E-state index is 11.1. The smallest absolute Gasteiger partial charge is 0.133 e. The normalized spacial score (nSPS) is 25.7. The average molecular weight is 195 g/mol. The quantitative estimate of drug-likeness (QED) is 0.708. The number of ketones is 1. The Hall–Kier alpha value is -0.820. The van der Waals surface area contributed by atoms with Crippen molar-refractivity contribution in [2.45, 2.75) is 19.3 Å². The molecule has 2 rings (SSSR count). The highest BCUT2D eigenvalue weighted by Gasteiger charge is 2.42. The van der Waals surface area contributed by atoms with Crippen molar-refractivity contribution in [3.8, 4) is 0 Å². The van der Waals surface area contributed by atoms with Gasteiger partial charge in [-0.15, -0.1) is 0 Å². The molecule has 0 aromatic heterocycles. The van der Waals surface area contributed by atoms with Gasteiger partial charge in [-0.25, -0.2) is 0 Å². The topological polar surface area (TPSA) is 17.1 Å². The van der Waals surface area contributed by atoms with Crippen LogP contribution in [0.5, 0.6) is 0 Å². The fourth-order valence-electron chi connectivity index (χ4n) is 1.76. The predicted molar refractivity (Wildman–Crippen MR) is 53.0 cm³/mol. The second kappa shape index (κ2) is 3.15. The molecule has 0 N–H and O–H groups in total. The van der Waals surface area contributed by atoms with Gasteiger partial charge in [0.2, 0.25) is 0 Å². The first kappa shape index (κ1) is 8.76. The van der Waals surface area contributed by atoms with Crippen LogP contribution < -0.4 is 0 Å². The maximum Gasteiger partial charge on any atom is 0.133 e. The fourth-order valence-corrected chi connectivity index (χ4v) is 2.04. The highest BCUT2D eigenvalue weighted by Crippen LogP contribution is 2.49. The molecule has 0 saturated heterocycles. The van der Waals surface area contributed by atoms with Crippen molar-refractivity contribution in [1.29, 1.82) is 0 Å². The van der Waals surface area contributed by atoms with E-state index in [0.717, 1.165) is 17.0 Å². The molecular formula is C11H11ClO. The Balaban J connectivity index is 2.21. The zero-order valence-electron chi connectivity index (χ0n) is 7.46. The van der Waals surface area contributed by atoms with Gasteiger partial charge in [-0.3, -0.25) is 4.79 Å². The summed E-state index contributed by atoms with van der Waals surface area (Å²) in [5, 5.41) is 0.788. The first-order valence-electron chi connectivity index (χ1n) is 4.45. The van der Waals surface area contributed by atoms with Crippen molar-refractivity contribution >= 4 is 17.4 Å². The molecule has 2 atom stereocenters. The van der Waals surface area contributed by atoms with Crippen LogP contribution in [0.1, 0.15) is 24.8 Å². The first-order chi connectivity index (χ1) is 6.20. The van der Waals surface area contributed by atoms with E-state index in [-0.39, 0.29) is 11.7 Å². The minimum Gasteiger partial charge on any atom is -0.300 e. The fraction of sp³-hybridized carbons (Fsp3) is 0.364. The average Bonchev–Trinajstić information content (AvgIpc) is 2.84. The van der Waals surface area contributed by atoms with Gasteiger partial charge in [0.05, 0.1) is 0 Å². The molecule has 0 spiro atoms. The zero-order valence-corrected chi connectivity index (χ0v) is 8.21. The van der Waals surface area contributed by atoms with Crippen molar-refractivity contribution in [2.24, 2.45) is 5.92 Å². The van der Waals surface area contributed by atoms with Crippen LogP contribution in [0.15, 0.2) is 24.3 Å². The van der Waals surface area contributed by atoms with Gasteiger partial charge in [0, 0.05) is 10.9 Å². The molecule has 0 unspecified atom stereocenters. The lowest BCUT2D eigenvalue weighted by molar-refractivity contribution is -0.118. The van der Waals surface area contributed by atoms with Crippen LogP contribution in [0.25, 0.3) is 0 Å². The molecule has 1 nitrogen and oxygen atoms in total. The van der Waals surface area contributed by atoms with Crippen LogP contribution in [0.3, 0.4) is 0 Å². The molecule has 0 bridgehead atoms. The molecule has 2 heteroatoms. The van der Waals surface area contributed by atoms with Crippen molar-refractivity contribution in [3.63, 3.8) is 0 Å². The number of hydrogen-bond acceptors (Lipinski definition) is 1. The number of hydrogen-bond donors (Lipinski definition) is 0. The summed E-state index contributed by atoms with van der Waals surface area (Å²) in [7, 11) is 0. The van der Waals surface area contributed by atoms with Crippen molar-refractivity contribution < 1.29 is 4.79 Å². The SMILES string of the molecule is CC(=O)[C@@H]1C[C@H]1c1ccccc1Cl. The highest BCUT2D eigenvalue weighted by molar-refractivity contribution is 6.31. The zero-order chi connectivity index (χ0) is 9.42. The number of carbonyl (C=O) groups excluding carboxylic acids is 1. The van der Waals surface area contributed by atoms with E-state index in [2.05, 4.69) is 0 Å². The van der Waals surface area contributed by atoms with E-state index in [1.165, 1.54) is 0 Å². The van der Waals surface area contributed by atoms with Crippen LogP contribution >= 0.6 is 11.6 Å². The molecule has 0 aliphatic heterocycles. The third kappa shape index (κ3) is 1.61. The Labute approximate surface area is 82.7 Å². The van der Waals surface area contributed by atoms with Gasteiger partial charge < -0.3 is 0 Å². The minimum atomic E-state index is 0.222. The van der Waals surface area contributed by atoms with Crippen molar-refractivity contribution in [3.05, 3.63) is 34.9 Å². The highest BCUT2D eigenvalue weighted by atomic mass is 35.5. The van der Waals surface area contributed by atoms with Crippen LogP contribution in [-0.4, -0.2) is 5.78 Å². The third-order valence-electron chi connectivity index (χ3n) is 2.62. The van der Waals surface area contributed by atoms with E-state index < -0.39 is 0 Å². The molecule has 1 fully saturated rings. The van der Waals surface area contributed by atoms with Gasteiger partial charge in [0.25, 0.3) is 0 Å². The van der Waals surface area contributed by atoms with Gasteiger partial charge in [-0.05, 0) is 30.9 Å². The van der Waals surface area contributed by atoms with Gasteiger partial charge in [-0.2, -0.15) is 0 Å². The van der Waals surface area contributed by atoms with E-state index in [1.54, 1.807) is 6.92 Å². The van der Waals surface area contributed by atoms with E-state index in [0.29, 0.717) is 5.92 Å². The van der Waals surface area contributed by atoms with Crippen molar-refractivity contribution in [2.75, 3.05) is 0 Å². The molecule has 1 saturated carbocycles. The van der Waals surface area contributed by atoms with Gasteiger partial charge >= 0.3 is 0 Å². The summed E-state index contributed by atoms with van der Waals surface area (Å²) < 4.78 is 0. The summed E-state index contributed by atoms with van der Waals surface area (Å²) in [5.41, 5.74) is 1.13. The maximum absolute atomic E-state index is 11.1. The Bertz CT molecular complexity index is 346. The summed E-state index contributed by atoms with van der Waals surface area (Å²) in [6.07, 6.45) is 0.971. The third-order valence-corrected chi connectivity index (χ3v) is 2.96. The van der Waals surface area contributed by atoms with E-state index in [9.17, 15) is 4.79 Å². The Morgan fingerprint density at radius 2 is 2.15 bits per heavy atom. The summed E-state index contributed by atoms with van der Waals surface area (Å²) >= 11 is 6.02. The number of Topliss-reactive ketones (excluding diaryl/α,β-unsaturated/α-hetero) is 1. The second-order valence-corrected chi connectivity index (χ2v) is 3.99. The molecule has 68 valence electrons. The molecule has 0 heterocycles. The Morgan fingerprint density at radius 1 is 1.46 bits per heavy atom. The standard InChI is InChI=1S/C11H11ClO/c1-7(13)9-6-10(9)8-4-2-3-5-11(8)12/h2-5,9-10H,6H2,1H3/t9-,10-/m0/s1. The lowest BCUT2D eigenvalue weighted by Crippen LogP contribution is -1.94. The molecule has 1 aromatic carbocycles. The largest absolute Gasteiger partial charge is 0.300 e. The summed E-state index contributed by atoms with van der Waals surface area (Å²) in [6, 6.07) is 7.77. The van der Waals surface area contributed by atoms with Crippen LogP contribution in [0.2, 0.25) is 5.02 Å². The molecule has 13 heavy (non-hydrogen) atoms. The van der Waals surface area contributed by atoms with Crippen LogP contribution in [0, 0.1) is 5.92 Å². The molecule has 1 aliphatic carbocycles. The van der Waals surface area contributed by atoms with Crippen molar-refractivity contribution in [1.82, 2.24) is 0 Å². The van der Waals surface area contributed by atoms with Crippen LogP contribution in [-0.2, 0) is 4.79 Å². The molecule has 1 aromatic rings. The molecular weight excluding hydrogens is 184 g/mol.